The molecular weight excluding hydrogens is 342 g/mol. The standard InChI is InChI=1S/C18H27NO7/c1-4-5-8-24-18(23)26-12(3)11(2)25-17(22)14(19)9-13-6-7-15(20)16(21)10-13/h6-7,10-12,14,20-21H,4-5,8-9,19H2,1-3H3/t11-,12?,14-/m0/s1. The van der Waals surface area contributed by atoms with E-state index in [1.807, 2.05) is 6.92 Å². The zero-order chi connectivity index (χ0) is 19.7. The Kier molecular flexibility index (Phi) is 8.71. The van der Waals surface area contributed by atoms with Crippen molar-refractivity contribution < 1.29 is 34.0 Å². The molecule has 4 N–H and O–H groups in total. The second-order valence-electron chi connectivity index (χ2n) is 6.05. The first-order valence-corrected chi connectivity index (χ1v) is 8.54. The maximum absolute atomic E-state index is 12.1. The van der Waals surface area contributed by atoms with Gasteiger partial charge in [-0.05, 0) is 44.4 Å². The van der Waals surface area contributed by atoms with Gasteiger partial charge >= 0.3 is 12.1 Å². The maximum atomic E-state index is 12.1. The minimum atomic E-state index is -0.968. The Morgan fingerprint density at radius 2 is 1.77 bits per heavy atom. The van der Waals surface area contributed by atoms with Crippen LogP contribution in [0.2, 0.25) is 0 Å². The largest absolute Gasteiger partial charge is 0.508 e. The fraction of sp³-hybridized carbons (Fsp3) is 0.556. The number of phenolic OH excluding ortho intramolecular Hbond substituents is 2. The number of phenols is 2. The van der Waals surface area contributed by atoms with Gasteiger partial charge in [-0.2, -0.15) is 0 Å². The van der Waals surface area contributed by atoms with Gasteiger partial charge in [0.2, 0.25) is 0 Å². The lowest BCUT2D eigenvalue weighted by Gasteiger charge is -2.22. The van der Waals surface area contributed by atoms with Gasteiger partial charge in [-0.15, -0.1) is 0 Å². The van der Waals surface area contributed by atoms with Crippen molar-refractivity contribution in [3.8, 4) is 11.5 Å². The average molecular weight is 369 g/mol. The highest BCUT2D eigenvalue weighted by molar-refractivity contribution is 5.76. The molecule has 0 aliphatic carbocycles. The van der Waals surface area contributed by atoms with Gasteiger partial charge in [-0.25, -0.2) is 4.79 Å². The third-order valence-electron chi connectivity index (χ3n) is 3.76. The second kappa shape index (κ2) is 10.5. The summed E-state index contributed by atoms with van der Waals surface area (Å²) < 4.78 is 15.1. The molecule has 0 amide bonds. The van der Waals surface area contributed by atoms with Crippen molar-refractivity contribution in [2.45, 2.75) is 58.3 Å². The highest BCUT2D eigenvalue weighted by Gasteiger charge is 2.24. The second-order valence-corrected chi connectivity index (χ2v) is 6.05. The van der Waals surface area contributed by atoms with Crippen LogP contribution in [-0.2, 0) is 25.4 Å². The summed E-state index contributed by atoms with van der Waals surface area (Å²) in [6, 6.07) is 3.21. The molecule has 0 radical (unpaired) electrons. The normalized spacial score (nSPS) is 14.2. The van der Waals surface area contributed by atoms with Crippen molar-refractivity contribution in [2.75, 3.05) is 6.61 Å². The van der Waals surface area contributed by atoms with Gasteiger partial charge in [0.05, 0.1) is 6.61 Å². The minimum absolute atomic E-state index is 0.119. The summed E-state index contributed by atoms with van der Waals surface area (Å²) in [6.45, 7) is 5.42. The van der Waals surface area contributed by atoms with Crippen LogP contribution in [-0.4, -0.2) is 47.2 Å². The van der Waals surface area contributed by atoms with Crippen LogP contribution in [0.15, 0.2) is 18.2 Å². The monoisotopic (exact) mass is 369 g/mol. The van der Waals surface area contributed by atoms with Crippen molar-refractivity contribution in [2.24, 2.45) is 5.73 Å². The zero-order valence-electron chi connectivity index (χ0n) is 15.3. The van der Waals surface area contributed by atoms with E-state index in [-0.39, 0.29) is 24.5 Å². The number of nitrogens with two attached hydrogens (primary N) is 1. The maximum Gasteiger partial charge on any atom is 0.508 e. The highest BCUT2D eigenvalue weighted by Crippen LogP contribution is 2.25. The predicted molar refractivity (Wildman–Crippen MR) is 93.8 cm³/mol. The van der Waals surface area contributed by atoms with Crippen LogP contribution in [0.5, 0.6) is 11.5 Å². The van der Waals surface area contributed by atoms with E-state index in [1.165, 1.54) is 12.1 Å². The number of benzene rings is 1. The molecule has 0 bridgehead atoms. The molecule has 0 saturated heterocycles. The number of hydrogen-bond donors (Lipinski definition) is 3. The van der Waals surface area contributed by atoms with Crippen molar-refractivity contribution in [3.63, 3.8) is 0 Å². The summed E-state index contributed by atoms with van der Waals surface area (Å²) in [5, 5.41) is 18.7. The van der Waals surface area contributed by atoms with E-state index in [0.717, 1.165) is 12.8 Å². The summed E-state index contributed by atoms with van der Waals surface area (Å²) in [5.41, 5.74) is 6.39. The summed E-state index contributed by atoms with van der Waals surface area (Å²) in [6.07, 6.45) is -0.451. The molecule has 0 heterocycles. The smallest absolute Gasteiger partial charge is 0.504 e. The number of carbonyl (C=O) groups excluding carboxylic acids is 2. The van der Waals surface area contributed by atoms with Crippen molar-refractivity contribution >= 4 is 12.1 Å². The topological polar surface area (TPSA) is 128 Å². The lowest BCUT2D eigenvalue weighted by atomic mass is 10.1. The molecule has 1 aromatic carbocycles. The number of ether oxygens (including phenoxy) is 3. The van der Waals surface area contributed by atoms with Crippen molar-refractivity contribution in [1.82, 2.24) is 0 Å². The summed E-state index contributed by atoms with van der Waals surface area (Å²) in [7, 11) is 0. The average Bonchev–Trinajstić information content (AvgIpc) is 2.58. The Labute approximate surface area is 152 Å². The first-order chi connectivity index (χ1) is 12.2. The van der Waals surface area contributed by atoms with Gasteiger partial charge in [0.25, 0.3) is 0 Å². The molecule has 1 aromatic rings. The van der Waals surface area contributed by atoms with Crippen LogP contribution < -0.4 is 5.73 Å². The molecule has 3 atom stereocenters. The number of hydrogen-bond acceptors (Lipinski definition) is 8. The Morgan fingerprint density at radius 3 is 2.38 bits per heavy atom. The Balaban J connectivity index is 2.46. The van der Waals surface area contributed by atoms with E-state index < -0.39 is 30.4 Å². The lowest BCUT2D eigenvalue weighted by Crippen LogP contribution is -2.39. The van der Waals surface area contributed by atoms with Crippen LogP contribution in [0.3, 0.4) is 0 Å². The quantitative estimate of drug-likeness (QED) is 0.343. The van der Waals surface area contributed by atoms with Crippen molar-refractivity contribution in [3.05, 3.63) is 23.8 Å². The summed E-state index contributed by atoms with van der Waals surface area (Å²) in [4.78, 5) is 23.6. The molecule has 1 rings (SSSR count). The van der Waals surface area contributed by atoms with Crippen LogP contribution in [0.1, 0.15) is 39.2 Å². The first-order valence-electron chi connectivity index (χ1n) is 8.54. The van der Waals surface area contributed by atoms with E-state index in [4.69, 9.17) is 19.9 Å². The van der Waals surface area contributed by atoms with E-state index in [0.29, 0.717) is 5.56 Å². The molecule has 0 fully saturated rings. The fourth-order valence-corrected chi connectivity index (χ4v) is 1.98. The molecule has 8 nitrogen and oxygen atoms in total. The molecule has 146 valence electrons. The van der Waals surface area contributed by atoms with E-state index >= 15 is 0 Å². The molecule has 0 aromatic heterocycles. The van der Waals surface area contributed by atoms with Gasteiger partial charge in [0, 0.05) is 0 Å². The minimum Gasteiger partial charge on any atom is -0.504 e. The number of esters is 1. The van der Waals surface area contributed by atoms with Crippen LogP contribution in [0.25, 0.3) is 0 Å². The fourth-order valence-electron chi connectivity index (χ4n) is 1.98. The van der Waals surface area contributed by atoms with Crippen LogP contribution in [0, 0.1) is 0 Å². The molecular formula is C18H27NO7. The van der Waals surface area contributed by atoms with Gasteiger partial charge in [-0.1, -0.05) is 19.4 Å². The number of aromatic hydroxyl groups is 2. The molecule has 0 aliphatic rings. The van der Waals surface area contributed by atoms with Gasteiger partial charge in [0.1, 0.15) is 18.2 Å². The Hall–Kier alpha value is -2.48. The number of rotatable bonds is 9. The van der Waals surface area contributed by atoms with E-state index in [9.17, 15) is 19.8 Å². The molecule has 0 spiro atoms. The van der Waals surface area contributed by atoms with Gasteiger partial charge < -0.3 is 30.2 Å². The van der Waals surface area contributed by atoms with Crippen LogP contribution >= 0.6 is 0 Å². The lowest BCUT2D eigenvalue weighted by molar-refractivity contribution is -0.155. The molecule has 26 heavy (non-hydrogen) atoms. The van der Waals surface area contributed by atoms with E-state index in [2.05, 4.69) is 0 Å². The molecule has 0 aliphatic heterocycles. The number of unbranched alkanes of at least 4 members (excludes halogenated alkanes) is 1. The SMILES string of the molecule is CCCCOC(=O)OC(C)[C@H](C)OC(=O)[C@@H](N)Cc1ccc(O)c(O)c1. The number of carbonyl (C=O) groups is 2. The van der Waals surface area contributed by atoms with E-state index in [1.54, 1.807) is 19.9 Å². The summed E-state index contributed by atoms with van der Waals surface area (Å²) >= 11 is 0. The first kappa shape index (κ1) is 21.6. The van der Waals surface area contributed by atoms with Gasteiger partial charge in [0.15, 0.2) is 11.5 Å². The molecule has 1 unspecified atom stereocenters. The predicted octanol–water partition coefficient (Wildman–Crippen LogP) is 2.24. The molecule has 8 heteroatoms. The third kappa shape index (κ3) is 7.18. The van der Waals surface area contributed by atoms with Crippen LogP contribution in [0.4, 0.5) is 4.79 Å². The van der Waals surface area contributed by atoms with Crippen molar-refractivity contribution in [1.29, 1.82) is 0 Å². The Morgan fingerprint density at radius 1 is 1.12 bits per heavy atom. The zero-order valence-corrected chi connectivity index (χ0v) is 15.3. The highest BCUT2D eigenvalue weighted by atomic mass is 16.7. The third-order valence-corrected chi connectivity index (χ3v) is 3.76. The Bertz CT molecular complexity index is 605. The molecule has 0 saturated carbocycles. The summed E-state index contributed by atoms with van der Waals surface area (Å²) in [5.74, 6) is -1.21. The van der Waals surface area contributed by atoms with Gasteiger partial charge in [-0.3, -0.25) is 4.79 Å².